The second-order valence-electron chi connectivity index (χ2n) is 5.49. The summed E-state index contributed by atoms with van der Waals surface area (Å²) < 4.78 is 5.13. The molecule has 0 aliphatic rings. The molecule has 0 spiro atoms. The number of carbonyl (C=O) groups excluding carboxylic acids is 1. The van der Waals surface area contributed by atoms with Crippen LogP contribution in [0.15, 0.2) is 24.3 Å². The van der Waals surface area contributed by atoms with Crippen LogP contribution < -0.4 is 11.1 Å². The Bertz CT molecular complexity index is 428. The summed E-state index contributed by atoms with van der Waals surface area (Å²) in [6, 6.07) is 8.52. The van der Waals surface area contributed by atoms with Crippen LogP contribution in [0.25, 0.3) is 0 Å². The number of ether oxygens (including phenoxy) is 1. The van der Waals surface area contributed by atoms with E-state index in [0.717, 1.165) is 0 Å². The van der Waals surface area contributed by atoms with Crippen LogP contribution >= 0.6 is 0 Å². The number of nitrogens with zero attached hydrogens (tertiary/aromatic N) is 1. The van der Waals surface area contributed by atoms with E-state index < -0.39 is 0 Å². The van der Waals surface area contributed by atoms with Crippen molar-refractivity contribution in [3.63, 3.8) is 0 Å². The van der Waals surface area contributed by atoms with E-state index in [4.69, 9.17) is 10.5 Å². The number of rotatable bonds is 8. The highest BCUT2D eigenvalue weighted by Crippen LogP contribution is 2.17. The van der Waals surface area contributed by atoms with Gasteiger partial charge in [0.25, 0.3) is 0 Å². The maximum absolute atomic E-state index is 11.9. The molecule has 0 radical (unpaired) electrons. The van der Waals surface area contributed by atoms with Crippen LogP contribution in [0.3, 0.4) is 0 Å². The maximum atomic E-state index is 11.9. The number of benzene rings is 1. The van der Waals surface area contributed by atoms with Gasteiger partial charge in [0.15, 0.2) is 0 Å². The first-order valence-corrected chi connectivity index (χ1v) is 7.20. The first-order chi connectivity index (χ1) is 9.97. The Kier molecular flexibility index (Phi) is 7.36. The van der Waals surface area contributed by atoms with Gasteiger partial charge in [-0.25, -0.2) is 0 Å². The van der Waals surface area contributed by atoms with Crippen LogP contribution in [0.4, 0.5) is 0 Å². The monoisotopic (exact) mass is 293 g/mol. The zero-order valence-corrected chi connectivity index (χ0v) is 13.4. The smallest absolute Gasteiger partial charge is 0.222 e. The quantitative estimate of drug-likeness (QED) is 0.752. The molecular weight excluding hydrogens is 266 g/mol. The van der Waals surface area contributed by atoms with E-state index in [2.05, 4.69) is 41.4 Å². The minimum absolute atomic E-state index is 0.0359. The number of nitrogens with two attached hydrogens (primary N) is 1. The molecule has 118 valence electrons. The Hall–Kier alpha value is -1.43. The zero-order chi connectivity index (χ0) is 15.8. The van der Waals surface area contributed by atoms with Crippen molar-refractivity contribution < 1.29 is 9.53 Å². The van der Waals surface area contributed by atoms with Gasteiger partial charge in [0.05, 0.1) is 18.6 Å². The third-order valence-corrected chi connectivity index (χ3v) is 3.59. The highest BCUT2D eigenvalue weighted by molar-refractivity contribution is 5.76. The number of methoxy groups -OCH3 is 1. The predicted octanol–water partition coefficient (Wildman–Crippen LogP) is 1.08. The van der Waals surface area contributed by atoms with Gasteiger partial charge < -0.3 is 20.7 Å². The van der Waals surface area contributed by atoms with Crippen molar-refractivity contribution in [1.82, 2.24) is 10.2 Å². The first-order valence-electron chi connectivity index (χ1n) is 7.20. The zero-order valence-electron chi connectivity index (χ0n) is 13.4. The molecule has 0 aliphatic heterocycles. The van der Waals surface area contributed by atoms with Crippen LogP contribution in [0.5, 0.6) is 0 Å². The van der Waals surface area contributed by atoms with Gasteiger partial charge in [-0.1, -0.05) is 29.8 Å². The largest absolute Gasteiger partial charge is 0.380 e. The van der Waals surface area contributed by atoms with E-state index in [1.165, 1.54) is 11.1 Å². The fourth-order valence-corrected chi connectivity index (χ4v) is 2.14. The van der Waals surface area contributed by atoms with Crippen LogP contribution in [0.1, 0.15) is 23.6 Å². The highest BCUT2D eigenvalue weighted by Gasteiger charge is 2.17. The third kappa shape index (κ3) is 5.83. The van der Waals surface area contributed by atoms with Crippen molar-refractivity contribution in [3.8, 4) is 0 Å². The lowest BCUT2D eigenvalue weighted by molar-refractivity contribution is -0.123. The number of likely N-dealkylation sites (N-methyl/N-ethyl adjacent to an activating group) is 1. The Morgan fingerprint density at radius 2 is 1.95 bits per heavy atom. The number of amides is 1. The van der Waals surface area contributed by atoms with Crippen LogP contribution in [0.2, 0.25) is 0 Å². The second kappa shape index (κ2) is 8.77. The molecule has 0 aromatic heterocycles. The fourth-order valence-electron chi connectivity index (χ4n) is 2.14. The summed E-state index contributed by atoms with van der Waals surface area (Å²) in [4.78, 5) is 14.0. The van der Waals surface area contributed by atoms with E-state index in [1.54, 1.807) is 7.11 Å². The van der Waals surface area contributed by atoms with Crippen molar-refractivity contribution >= 4 is 5.91 Å². The summed E-state index contributed by atoms with van der Waals surface area (Å²) >= 11 is 0. The average Bonchev–Trinajstić information content (AvgIpc) is 2.46. The van der Waals surface area contributed by atoms with Crippen LogP contribution in [-0.2, 0) is 9.53 Å². The van der Waals surface area contributed by atoms with Crippen molar-refractivity contribution in [1.29, 1.82) is 0 Å². The molecule has 21 heavy (non-hydrogen) atoms. The topological polar surface area (TPSA) is 67.6 Å². The minimum Gasteiger partial charge on any atom is -0.380 e. The normalized spacial score (nSPS) is 14.0. The summed E-state index contributed by atoms with van der Waals surface area (Å²) in [6.07, 6.45) is 0.0725. The lowest BCUT2D eigenvalue weighted by Gasteiger charge is -2.25. The Morgan fingerprint density at radius 1 is 1.33 bits per heavy atom. The fraction of sp³-hybridized carbons (Fsp3) is 0.562. The van der Waals surface area contributed by atoms with E-state index in [-0.39, 0.29) is 18.1 Å². The summed E-state index contributed by atoms with van der Waals surface area (Å²) in [7, 11) is 5.59. The Morgan fingerprint density at radius 3 is 2.43 bits per heavy atom. The lowest BCUT2D eigenvalue weighted by atomic mass is 10.0. The molecule has 3 N–H and O–H groups in total. The molecule has 0 saturated heterocycles. The Labute approximate surface area is 127 Å². The molecule has 1 rings (SSSR count). The van der Waals surface area contributed by atoms with Gasteiger partial charge in [-0.05, 0) is 26.6 Å². The summed E-state index contributed by atoms with van der Waals surface area (Å²) in [5.41, 5.74) is 7.94. The standard InChI is InChI=1S/C16H27N3O2/c1-12-5-7-13(8-6-12)15(19(2)3)11-18-16(20)9-14(10-17)21-4/h5-8,14-15H,9-11,17H2,1-4H3,(H,18,20). The molecule has 0 fully saturated rings. The molecule has 1 amide bonds. The number of carbonyl (C=O) groups is 1. The summed E-state index contributed by atoms with van der Waals surface area (Å²) in [5, 5.41) is 2.96. The molecule has 1 aromatic rings. The lowest BCUT2D eigenvalue weighted by Crippen LogP contribution is -2.37. The highest BCUT2D eigenvalue weighted by atomic mass is 16.5. The molecule has 5 nitrogen and oxygen atoms in total. The molecular formula is C16H27N3O2. The minimum atomic E-state index is -0.220. The Balaban J connectivity index is 2.59. The van der Waals surface area contributed by atoms with Gasteiger partial charge in [-0.2, -0.15) is 0 Å². The molecule has 2 unspecified atom stereocenters. The summed E-state index contributed by atoms with van der Waals surface area (Å²) in [6.45, 7) is 2.98. The van der Waals surface area contributed by atoms with Gasteiger partial charge in [-0.15, -0.1) is 0 Å². The summed E-state index contributed by atoms with van der Waals surface area (Å²) in [5.74, 6) is -0.0359. The van der Waals surface area contributed by atoms with Crippen molar-refractivity contribution in [3.05, 3.63) is 35.4 Å². The van der Waals surface area contributed by atoms with Gasteiger partial charge in [0.1, 0.15) is 0 Å². The number of hydrogen-bond acceptors (Lipinski definition) is 4. The number of aryl methyl sites for hydroxylation is 1. The van der Waals surface area contributed by atoms with Crippen molar-refractivity contribution in [2.24, 2.45) is 5.73 Å². The van der Waals surface area contributed by atoms with Crippen molar-refractivity contribution in [2.45, 2.75) is 25.5 Å². The van der Waals surface area contributed by atoms with Gasteiger partial charge in [-0.3, -0.25) is 4.79 Å². The van der Waals surface area contributed by atoms with E-state index in [1.807, 2.05) is 14.1 Å². The maximum Gasteiger partial charge on any atom is 0.222 e. The van der Waals surface area contributed by atoms with Gasteiger partial charge in [0.2, 0.25) is 5.91 Å². The van der Waals surface area contributed by atoms with Crippen molar-refractivity contribution in [2.75, 3.05) is 34.3 Å². The predicted molar refractivity (Wildman–Crippen MR) is 85.1 cm³/mol. The van der Waals surface area contributed by atoms with Gasteiger partial charge >= 0.3 is 0 Å². The molecule has 5 heteroatoms. The third-order valence-electron chi connectivity index (χ3n) is 3.59. The first kappa shape index (κ1) is 17.6. The average molecular weight is 293 g/mol. The molecule has 0 saturated carbocycles. The molecule has 0 bridgehead atoms. The number of hydrogen-bond donors (Lipinski definition) is 2. The molecule has 0 heterocycles. The van der Waals surface area contributed by atoms with Crippen LogP contribution in [0, 0.1) is 6.92 Å². The SMILES string of the molecule is COC(CN)CC(=O)NCC(c1ccc(C)cc1)N(C)C. The molecule has 2 atom stereocenters. The van der Waals surface area contributed by atoms with Crippen LogP contribution in [-0.4, -0.2) is 51.2 Å². The van der Waals surface area contributed by atoms with E-state index in [9.17, 15) is 4.79 Å². The van der Waals surface area contributed by atoms with E-state index >= 15 is 0 Å². The molecule has 0 aliphatic carbocycles. The second-order valence-corrected chi connectivity index (χ2v) is 5.49. The van der Waals surface area contributed by atoms with E-state index in [0.29, 0.717) is 19.5 Å². The molecule has 1 aromatic carbocycles. The number of nitrogens with one attached hydrogen (secondary N) is 1. The van der Waals surface area contributed by atoms with Gasteiger partial charge in [0, 0.05) is 20.2 Å².